The normalized spacial score (nSPS) is 23.8. The third kappa shape index (κ3) is 2.47. The molecule has 4 rings (SSSR count). The molecule has 6 nitrogen and oxygen atoms in total. The maximum absolute atomic E-state index is 15.1. The SMILES string of the molecule is CC1=c2c(c(=O)[nH]c(=O)n2C2CC2)=C(O)C(F)C1c1csc(C(C)N)c1. The van der Waals surface area contributed by atoms with Gasteiger partial charge in [-0.2, -0.15) is 0 Å². The van der Waals surface area contributed by atoms with Crippen LogP contribution in [0.25, 0.3) is 11.3 Å². The molecule has 0 spiro atoms. The zero-order chi connectivity index (χ0) is 18.7. The number of fused-ring (bicyclic) bond motifs is 1. The summed E-state index contributed by atoms with van der Waals surface area (Å²) in [7, 11) is 0. The van der Waals surface area contributed by atoms with E-state index >= 15 is 4.39 Å². The van der Waals surface area contributed by atoms with E-state index in [0.29, 0.717) is 16.5 Å². The largest absolute Gasteiger partial charge is 0.508 e. The van der Waals surface area contributed by atoms with Crippen LogP contribution in [0.15, 0.2) is 21.0 Å². The van der Waals surface area contributed by atoms with Gasteiger partial charge in [0.1, 0.15) is 11.0 Å². The molecule has 0 amide bonds. The summed E-state index contributed by atoms with van der Waals surface area (Å²) in [6.07, 6.45) is -0.100. The van der Waals surface area contributed by atoms with Crippen molar-refractivity contribution in [2.45, 2.75) is 50.9 Å². The number of aromatic amines is 1. The Balaban J connectivity index is 2.06. The van der Waals surface area contributed by atoms with Gasteiger partial charge in [-0.1, -0.05) is 0 Å². The third-order valence-electron chi connectivity index (χ3n) is 5.15. The highest BCUT2D eigenvalue weighted by Crippen LogP contribution is 2.38. The summed E-state index contributed by atoms with van der Waals surface area (Å²) in [6, 6.07) is 1.64. The van der Waals surface area contributed by atoms with Gasteiger partial charge in [0, 0.05) is 22.9 Å². The summed E-state index contributed by atoms with van der Waals surface area (Å²) < 4.78 is 16.6. The lowest BCUT2D eigenvalue weighted by atomic mass is 9.84. The molecule has 0 aliphatic heterocycles. The fraction of sp³-hybridized carbons (Fsp3) is 0.444. The van der Waals surface area contributed by atoms with Gasteiger partial charge in [-0.25, -0.2) is 9.18 Å². The highest BCUT2D eigenvalue weighted by atomic mass is 32.1. The molecule has 1 saturated carbocycles. The van der Waals surface area contributed by atoms with Crippen LogP contribution in [-0.4, -0.2) is 20.8 Å². The van der Waals surface area contributed by atoms with Crippen LogP contribution < -0.4 is 27.6 Å². The van der Waals surface area contributed by atoms with Gasteiger partial charge in [0.2, 0.25) is 0 Å². The first kappa shape index (κ1) is 17.2. The summed E-state index contributed by atoms with van der Waals surface area (Å²) in [5.41, 5.74) is 5.92. The number of aliphatic hydroxyl groups excluding tert-OH is 1. The molecule has 26 heavy (non-hydrogen) atoms. The van der Waals surface area contributed by atoms with Gasteiger partial charge in [-0.15, -0.1) is 11.3 Å². The first-order valence-electron chi connectivity index (χ1n) is 8.58. The molecule has 0 bridgehead atoms. The van der Waals surface area contributed by atoms with Crippen LogP contribution >= 0.6 is 11.3 Å². The van der Waals surface area contributed by atoms with E-state index in [1.165, 1.54) is 15.9 Å². The molecule has 2 aliphatic rings. The lowest BCUT2D eigenvalue weighted by Crippen LogP contribution is -2.58. The Bertz CT molecular complexity index is 1120. The van der Waals surface area contributed by atoms with Crippen LogP contribution in [0.2, 0.25) is 0 Å². The fourth-order valence-electron chi connectivity index (χ4n) is 3.71. The van der Waals surface area contributed by atoms with Crippen molar-refractivity contribution in [2.24, 2.45) is 5.73 Å². The topological polar surface area (TPSA) is 101 Å². The Morgan fingerprint density at radius 3 is 2.69 bits per heavy atom. The molecule has 1 fully saturated rings. The van der Waals surface area contributed by atoms with Gasteiger partial charge in [0.15, 0.2) is 6.17 Å². The molecule has 0 radical (unpaired) electrons. The van der Waals surface area contributed by atoms with Crippen molar-refractivity contribution in [3.05, 3.63) is 53.3 Å². The lowest BCUT2D eigenvalue weighted by molar-refractivity contribution is 0.305. The highest BCUT2D eigenvalue weighted by Gasteiger charge is 2.37. The molecule has 2 aromatic heterocycles. The van der Waals surface area contributed by atoms with Crippen LogP contribution in [0, 0.1) is 0 Å². The molecule has 2 aliphatic carbocycles. The summed E-state index contributed by atoms with van der Waals surface area (Å²) in [6.45, 7) is 3.58. The number of aliphatic hydroxyl groups is 1. The van der Waals surface area contributed by atoms with Crippen LogP contribution in [0.5, 0.6) is 0 Å². The minimum atomic E-state index is -1.75. The van der Waals surface area contributed by atoms with Crippen LogP contribution in [0.1, 0.15) is 55.1 Å². The summed E-state index contributed by atoms with van der Waals surface area (Å²) >= 11 is 1.43. The number of thiophene rings is 1. The number of aromatic nitrogens is 2. The van der Waals surface area contributed by atoms with Gasteiger partial charge < -0.3 is 10.8 Å². The van der Waals surface area contributed by atoms with E-state index in [2.05, 4.69) is 4.98 Å². The Labute approximate surface area is 152 Å². The first-order valence-corrected chi connectivity index (χ1v) is 9.46. The standard InChI is InChI=1S/C18H20FN3O3S/c1-7-12(9-5-11(8(2)20)26-6-9)14(19)16(23)13-15(7)22(10-3-4-10)18(25)21-17(13)24/h5-6,8,10,12,14,23H,3-4,20H2,1-2H3,(H,21,24,25). The van der Waals surface area contributed by atoms with Crippen molar-refractivity contribution in [1.82, 2.24) is 9.55 Å². The molecule has 0 saturated heterocycles. The van der Waals surface area contributed by atoms with Crippen molar-refractivity contribution in [3.8, 4) is 0 Å². The number of H-pyrrole nitrogens is 1. The third-order valence-corrected chi connectivity index (χ3v) is 6.31. The molecule has 2 aromatic rings. The molecular formula is C18H20FN3O3S. The average molecular weight is 377 g/mol. The molecule has 138 valence electrons. The van der Waals surface area contributed by atoms with Crippen LogP contribution in [-0.2, 0) is 0 Å². The second kappa shape index (κ2) is 5.92. The molecular weight excluding hydrogens is 357 g/mol. The van der Waals surface area contributed by atoms with Gasteiger partial charge in [0.25, 0.3) is 5.56 Å². The van der Waals surface area contributed by atoms with E-state index in [9.17, 15) is 14.7 Å². The predicted octanol–water partition coefficient (Wildman–Crippen LogP) is 0.925. The summed E-state index contributed by atoms with van der Waals surface area (Å²) in [4.78, 5) is 27.8. The van der Waals surface area contributed by atoms with E-state index in [4.69, 9.17) is 5.73 Å². The molecule has 3 unspecified atom stereocenters. The van der Waals surface area contributed by atoms with Gasteiger partial charge >= 0.3 is 5.69 Å². The molecule has 4 N–H and O–H groups in total. The number of rotatable bonds is 3. The van der Waals surface area contributed by atoms with Gasteiger partial charge in [-0.3, -0.25) is 14.3 Å². The smallest absolute Gasteiger partial charge is 0.329 e. The van der Waals surface area contributed by atoms with E-state index < -0.39 is 29.1 Å². The number of nitrogens with one attached hydrogen (secondary N) is 1. The van der Waals surface area contributed by atoms with Crippen molar-refractivity contribution >= 4 is 22.7 Å². The maximum atomic E-state index is 15.1. The van der Waals surface area contributed by atoms with Gasteiger partial charge in [0.05, 0.1) is 5.35 Å². The van der Waals surface area contributed by atoms with Crippen molar-refractivity contribution < 1.29 is 9.50 Å². The molecule has 0 aromatic carbocycles. The van der Waals surface area contributed by atoms with Crippen LogP contribution in [0.4, 0.5) is 4.39 Å². The minimum absolute atomic E-state index is 0.0187. The van der Waals surface area contributed by atoms with E-state index in [1.807, 2.05) is 18.4 Å². The van der Waals surface area contributed by atoms with Gasteiger partial charge in [-0.05, 0) is 49.3 Å². The van der Waals surface area contributed by atoms with E-state index in [0.717, 1.165) is 17.7 Å². The Kier molecular flexibility index (Phi) is 3.92. The Morgan fingerprint density at radius 1 is 1.42 bits per heavy atom. The Morgan fingerprint density at radius 2 is 2.12 bits per heavy atom. The zero-order valence-electron chi connectivity index (χ0n) is 14.5. The molecule has 8 heteroatoms. The second-order valence-electron chi connectivity index (χ2n) is 7.10. The lowest BCUT2D eigenvalue weighted by Gasteiger charge is -2.26. The fourth-order valence-corrected chi connectivity index (χ4v) is 4.61. The number of nitrogens with two attached hydrogens (primary N) is 1. The molecule has 2 heterocycles. The molecule has 3 atom stereocenters. The number of hydrogen-bond acceptors (Lipinski definition) is 5. The summed E-state index contributed by atoms with van der Waals surface area (Å²) in [5.74, 6) is -1.36. The number of nitrogens with zero attached hydrogens (tertiary/aromatic N) is 1. The minimum Gasteiger partial charge on any atom is -0.508 e. The average Bonchev–Trinajstić information content (AvgIpc) is 3.28. The first-order chi connectivity index (χ1) is 12.3. The van der Waals surface area contributed by atoms with Crippen molar-refractivity contribution in [2.75, 3.05) is 0 Å². The van der Waals surface area contributed by atoms with E-state index in [-0.39, 0.29) is 17.3 Å². The zero-order valence-corrected chi connectivity index (χ0v) is 15.3. The number of hydrogen-bond donors (Lipinski definition) is 3. The number of halogens is 1. The van der Waals surface area contributed by atoms with Crippen molar-refractivity contribution in [1.29, 1.82) is 0 Å². The van der Waals surface area contributed by atoms with E-state index in [1.54, 1.807) is 6.92 Å². The highest BCUT2D eigenvalue weighted by molar-refractivity contribution is 7.10. The second-order valence-corrected chi connectivity index (χ2v) is 8.05. The van der Waals surface area contributed by atoms with Crippen LogP contribution in [0.3, 0.4) is 0 Å². The Hall–Kier alpha value is -2.19. The monoisotopic (exact) mass is 377 g/mol. The summed E-state index contributed by atoms with van der Waals surface area (Å²) in [5, 5.41) is 12.5. The maximum Gasteiger partial charge on any atom is 0.329 e. The van der Waals surface area contributed by atoms with Crippen molar-refractivity contribution in [3.63, 3.8) is 0 Å². The quantitative estimate of drug-likeness (QED) is 0.740. The number of alkyl halides is 1. The predicted molar refractivity (Wildman–Crippen MR) is 98.5 cm³/mol.